The number of nitrogens with one attached hydrogen (secondary N) is 1. The van der Waals surface area contributed by atoms with Gasteiger partial charge in [-0.2, -0.15) is 0 Å². The van der Waals surface area contributed by atoms with Crippen molar-refractivity contribution in [3.8, 4) is 0 Å². The molecular formula is C23H22N4O2. The maximum Gasteiger partial charge on any atom is 0.248 e. The number of aryl methyl sites for hydroxylation is 2. The van der Waals surface area contributed by atoms with Crippen LogP contribution in [0.2, 0.25) is 0 Å². The van der Waals surface area contributed by atoms with Crippen LogP contribution in [0.25, 0.3) is 0 Å². The van der Waals surface area contributed by atoms with Crippen LogP contribution < -0.4 is 16.0 Å². The quantitative estimate of drug-likeness (QED) is 0.682. The first-order valence-corrected chi connectivity index (χ1v) is 9.56. The number of primary amides is 1. The van der Waals surface area contributed by atoms with Crippen molar-refractivity contribution < 1.29 is 9.59 Å². The molecule has 0 saturated carbocycles. The molecule has 0 aliphatic carbocycles. The van der Waals surface area contributed by atoms with Gasteiger partial charge in [-0.15, -0.1) is 0 Å². The zero-order chi connectivity index (χ0) is 20.2. The fourth-order valence-electron chi connectivity index (χ4n) is 3.47. The average Bonchev–Trinajstić information content (AvgIpc) is 2.75. The standard InChI is InChI=1S/C23H22N4O2/c24-22(29)19-8-4-7-16(11-19)9-10-18-12-20-23(25-13-18)26-14-21(28)27(20)15-17-5-2-1-3-6-17/h1-8,11-13H,9-10,14-15H2,(H2,24,29)(H,25,26). The SMILES string of the molecule is NC(=O)c1cccc(CCc2cnc3c(c2)N(Cc2ccccc2)C(=O)CN3)c1. The van der Waals surface area contributed by atoms with Crippen molar-refractivity contribution in [2.75, 3.05) is 16.8 Å². The molecular weight excluding hydrogens is 364 g/mol. The van der Waals surface area contributed by atoms with E-state index in [0.29, 0.717) is 12.1 Å². The van der Waals surface area contributed by atoms with Gasteiger partial charge in [-0.1, -0.05) is 42.5 Å². The summed E-state index contributed by atoms with van der Waals surface area (Å²) in [7, 11) is 0. The van der Waals surface area contributed by atoms with Gasteiger partial charge in [-0.25, -0.2) is 4.98 Å². The lowest BCUT2D eigenvalue weighted by Gasteiger charge is -2.30. The molecule has 3 N–H and O–H groups in total. The number of nitrogens with two attached hydrogens (primary N) is 1. The topological polar surface area (TPSA) is 88.3 Å². The van der Waals surface area contributed by atoms with Crippen LogP contribution in [0.5, 0.6) is 0 Å². The normalized spacial score (nSPS) is 13.0. The van der Waals surface area contributed by atoms with Gasteiger partial charge < -0.3 is 16.0 Å². The number of rotatable bonds is 6. The highest BCUT2D eigenvalue weighted by atomic mass is 16.2. The highest BCUT2D eigenvalue weighted by Crippen LogP contribution is 2.30. The Labute approximate surface area is 169 Å². The predicted octanol–water partition coefficient (Wildman–Crippen LogP) is 2.92. The molecule has 0 fully saturated rings. The van der Waals surface area contributed by atoms with Crippen molar-refractivity contribution in [1.82, 2.24) is 4.98 Å². The van der Waals surface area contributed by atoms with Crippen LogP contribution in [0.3, 0.4) is 0 Å². The average molecular weight is 386 g/mol. The smallest absolute Gasteiger partial charge is 0.248 e. The number of hydrogen-bond donors (Lipinski definition) is 2. The minimum absolute atomic E-state index is 0.0227. The Morgan fingerprint density at radius 3 is 2.55 bits per heavy atom. The summed E-state index contributed by atoms with van der Waals surface area (Å²) in [5, 5.41) is 3.10. The van der Waals surface area contributed by atoms with Crippen LogP contribution in [-0.2, 0) is 24.2 Å². The Hall–Kier alpha value is -3.67. The number of benzene rings is 2. The lowest BCUT2D eigenvalue weighted by atomic mass is 10.0. The Kier molecular flexibility index (Phi) is 5.24. The summed E-state index contributed by atoms with van der Waals surface area (Å²) in [5.41, 5.74) is 9.81. The van der Waals surface area contributed by atoms with Gasteiger partial charge in [-0.05, 0) is 47.7 Å². The monoisotopic (exact) mass is 386 g/mol. The van der Waals surface area contributed by atoms with Crippen LogP contribution in [-0.4, -0.2) is 23.3 Å². The van der Waals surface area contributed by atoms with Crippen molar-refractivity contribution in [1.29, 1.82) is 0 Å². The molecule has 0 atom stereocenters. The molecule has 0 bridgehead atoms. The van der Waals surface area contributed by atoms with Gasteiger partial charge in [-0.3, -0.25) is 9.59 Å². The van der Waals surface area contributed by atoms with E-state index in [-0.39, 0.29) is 12.5 Å². The second kappa shape index (κ2) is 8.14. The summed E-state index contributed by atoms with van der Waals surface area (Å²) >= 11 is 0. The lowest BCUT2D eigenvalue weighted by molar-refractivity contribution is -0.117. The van der Waals surface area contributed by atoms with Gasteiger partial charge in [0.05, 0.1) is 18.8 Å². The fourth-order valence-corrected chi connectivity index (χ4v) is 3.47. The van der Waals surface area contributed by atoms with E-state index in [9.17, 15) is 9.59 Å². The van der Waals surface area contributed by atoms with E-state index in [1.54, 1.807) is 11.0 Å². The van der Waals surface area contributed by atoms with Crippen molar-refractivity contribution >= 4 is 23.3 Å². The molecule has 6 nitrogen and oxygen atoms in total. The highest BCUT2D eigenvalue weighted by Gasteiger charge is 2.25. The molecule has 29 heavy (non-hydrogen) atoms. The lowest BCUT2D eigenvalue weighted by Crippen LogP contribution is -2.39. The van der Waals surface area contributed by atoms with Gasteiger partial charge in [0.1, 0.15) is 5.82 Å². The number of hydrogen-bond acceptors (Lipinski definition) is 4. The second-order valence-corrected chi connectivity index (χ2v) is 7.09. The number of aromatic nitrogens is 1. The Morgan fingerprint density at radius 2 is 1.76 bits per heavy atom. The van der Waals surface area contributed by atoms with E-state index in [4.69, 9.17) is 5.73 Å². The Balaban J connectivity index is 1.54. The van der Waals surface area contributed by atoms with E-state index < -0.39 is 5.91 Å². The maximum atomic E-state index is 12.5. The van der Waals surface area contributed by atoms with Gasteiger partial charge >= 0.3 is 0 Å². The van der Waals surface area contributed by atoms with Crippen molar-refractivity contribution in [3.05, 3.63) is 89.1 Å². The van der Waals surface area contributed by atoms with E-state index >= 15 is 0 Å². The van der Waals surface area contributed by atoms with Crippen molar-refractivity contribution in [2.45, 2.75) is 19.4 Å². The third kappa shape index (κ3) is 4.27. The fraction of sp³-hybridized carbons (Fsp3) is 0.174. The molecule has 146 valence electrons. The van der Waals surface area contributed by atoms with Crippen LogP contribution in [0.15, 0.2) is 66.9 Å². The number of fused-ring (bicyclic) bond motifs is 1. The number of amides is 2. The van der Waals surface area contributed by atoms with Gasteiger partial charge in [0.2, 0.25) is 11.8 Å². The number of carbonyl (C=O) groups excluding carboxylic acids is 2. The zero-order valence-corrected chi connectivity index (χ0v) is 16.0. The molecule has 2 aromatic carbocycles. The third-order valence-corrected chi connectivity index (χ3v) is 5.02. The molecule has 4 rings (SSSR count). The number of nitrogens with zero attached hydrogens (tertiary/aromatic N) is 2. The van der Waals surface area contributed by atoms with Crippen LogP contribution in [0, 0.1) is 0 Å². The minimum atomic E-state index is -0.427. The first-order valence-electron chi connectivity index (χ1n) is 9.56. The van der Waals surface area contributed by atoms with Gasteiger partial charge in [0.15, 0.2) is 0 Å². The van der Waals surface area contributed by atoms with Gasteiger partial charge in [0, 0.05) is 11.8 Å². The number of anilines is 2. The molecule has 0 saturated heterocycles. The summed E-state index contributed by atoms with van der Waals surface area (Å²) in [6.45, 7) is 0.756. The van der Waals surface area contributed by atoms with E-state index in [2.05, 4.69) is 10.3 Å². The Morgan fingerprint density at radius 1 is 1.00 bits per heavy atom. The number of pyridine rings is 1. The molecule has 2 heterocycles. The molecule has 1 aliphatic rings. The largest absolute Gasteiger partial charge is 0.366 e. The summed E-state index contributed by atoms with van der Waals surface area (Å²) < 4.78 is 0. The van der Waals surface area contributed by atoms with E-state index in [1.807, 2.05) is 60.8 Å². The first kappa shape index (κ1) is 18.7. The molecule has 3 aromatic rings. The van der Waals surface area contributed by atoms with Crippen molar-refractivity contribution in [2.24, 2.45) is 5.73 Å². The highest BCUT2D eigenvalue weighted by molar-refractivity contribution is 6.01. The van der Waals surface area contributed by atoms with E-state index in [1.165, 1.54) is 0 Å². The van der Waals surface area contributed by atoms with Crippen molar-refractivity contribution in [3.63, 3.8) is 0 Å². The molecule has 2 amide bonds. The second-order valence-electron chi connectivity index (χ2n) is 7.09. The predicted molar refractivity (Wildman–Crippen MR) is 113 cm³/mol. The molecule has 0 spiro atoms. The summed E-state index contributed by atoms with van der Waals surface area (Å²) in [6, 6.07) is 19.3. The molecule has 0 radical (unpaired) electrons. The minimum Gasteiger partial charge on any atom is -0.366 e. The summed E-state index contributed by atoms with van der Waals surface area (Å²) in [5.74, 6) is 0.318. The van der Waals surface area contributed by atoms with E-state index in [0.717, 1.165) is 41.0 Å². The molecule has 6 heteroatoms. The third-order valence-electron chi connectivity index (χ3n) is 5.02. The maximum absolute atomic E-state index is 12.5. The Bertz CT molecular complexity index is 1050. The molecule has 1 aromatic heterocycles. The molecule has 1 aliphatic heterocycles. The molecule has 0 unspecified atom stereocenters. The van der Waals surface area contributed by atoms with Gasteiger partial charge in [0.25, 0.3) is 0 Å². The van der Waals surface area contributed by atoms with Crippen LogP contribution in [0.4, 0.5) is 11.5 Å². The summed E-state index contributed by atoms with van der Waals surface area (Å²) in [4.78, 5) is 30.2. The number of carbonyl (C=O) groups is 2. The zero-order valence-electron chi connectivity index (χ0n) is 16.0. The van der Waals surface area contributed by atoms with Crippen LogP contribution >= 0.6 is 0 Å². The summed E-state index contributed by atoms with van der Waals surface area (Å²) in [6.07, 6.45) is 3.33. The van der Waals surface area contributed by atoms with Crippen LogP contribution in [0.1, 0.15) is 27.0 Å². The first-order chi connectivity index (χ1) is 14.1.